The summed E-state index contributed by atoms with van der Waals surface area (Å²) in [6, 6.07) is 3.40. The lowest BCUT2D eigenvalue weighted by Crippen LogP contribution is -2.43. The normalized spacial score (nSPS) is 13.9. The molecule has 0 spiro atoms. The van der Waals surface area contributed by atoms with Crippen LogP contribution in [-0.4, -0.2) is 73.2 Å². The van der Waals surface area contributed by atoms with Crippen molar-refractivity contribution in [1.82, 2.24) is 25.0 Å². The summed E-state index contributed by atoms with van der Waals surface area (Å²) < 4.78 is 23.8. The molecule has 0 radical (unpaired) electrons. The van der Waals surface area contributed by atoms with Crippen LogP contribution in [0.15, 0.2) is 28.7 Å². The van der Waals surface area contributed by atoms with Crippen LogP contribution >= 0.6 is 46.3 Å². The Balaban J connectivity index is 1.97. The summed E-state index contributed by atoms with van der Waals surface area (Å²) in [5.41, 5.74) is -0.531. The molecule has 4 atom stereocenters. The number of esters is 3. The Bertz CT molecular complexity index is 1430. The maximum Gasteiger partial charge on any atom is 0.303 e. The number of ether oxygens (including phenoxy) is 4. The molecule has 0 saturated heterocycles. The predicted molar refractivity (Wildman–Crippen MR) is 148 cm³/mol. The Hall–Kier alpha value is -3.29. The molecule has 0 N–H and O–H groups in total. The van der Waals surface area contributed by atoms with Crippen LogP contribution in [0.5, 0.6) is 0 Å². The summed E-state index contributed by atoms with van der Waals surface area (Å²) in [6.45, 7) is 4.97. The highest BCUT2D eigenvalue weighted by Gasteiger charge is 2.34. The second-order valence-electron chi connectivity index (χ2n) is 8.34. The smallest absolute Gasteiger partial charge is 0.303 e. The fourth-order valence-corrected chi connectivity index (χ4v) is 5.55. The van der Waals surface area contributed by atoms with E-state index in [0.29, 0.717) is 20.8 Å². The minimum atomic E-state index is -1.01. The fraction of sp³-hybridized carbons (Fsp3) is 0.417. The molecule has 218 valence electrons. The third kappa shape index (κ3) is 9.94. The number of halogens is 2. The van der Waals surface area contributed by atoms with Crippen LogP contribution < -0.4 is 0 Å². The zero-order chi connectivity index (χ0) is 30.1. The van der Waals surface area contributed by atoms with Crippen molar-refractivity contribution in [2.24, 2.45) is 0 Å². The summed E-state index contributed by atoms with van der Waals surface area (Å²) in [5.74, 6) is -1.76. The summed E-state index contributed by atoms with van der Waals surface area (Å²) in [7, 11) is 0. The van der Waals surface area contributed by atoms with Gasteiger partial charge >= 0.3 is 17.9 Å². The number of aromatic nitrogens is 5. The first-order valence-electron chi connectivity index (χ1n) is 11.8. The second-order valence-corrected chi connectivity index (χ2v) is 11.2. The van der Waals surface area contributed by atoms with Gasteiger partial charge in [0.05, 0.1) is 17.8 Å². The molecule has 0 aromatic carbocycles. The van der Waals surface area contributed by atoms with Crippen molar-refractivity contribution in [3.8, 4) is 16.8 Å². The van der Waals surface area contributed by atoms with Gasteiger partial charge in [-0.15, -0.1) is 16.4 Å². The second kappa shape index (κ2) is 15.1. The first-order valence-corrected chi connectivity index (χ1v) is 14.3. The Labute approximate surface area is 253 Å². The van der Waals surface area contributed by atoms with Crippen molar-refractivity contribution in [2.45, 2.75) is 62.9 Å². The molecule has 0 bridgehead atoms. The van der Waals surface area contributed by atoms with Crippen molar-refractivity contribution >= 4 is 64.2 Å². The van der Waals surface area contributed by atoms with Crippen LogP contribution in [0.2, 0.25) is 10.2 Å². The number of carbonyl (C=O) groups excluding carboxylic acids is 3. The maximum absolute atomic E-state index is 12.2. The third-order valence-corrected chi connectivity index (χ3v) is 7.65. The van der Waals surface area contributed by atoms with Crippen molar-refractivity contribution in [3.05, 3.63) is 39.7 Å². The standard InChI is InChI=1S/C24H24Cl2N6O7S2/c1-12(37-14(3)34)21(10-36-13(2)33)39-24(41-16-5-17(25)18(6-27)28-7-16)20(38-15(4)35)9-32-8-19(30-31-32)23-29-22(26)11-40-23/h5,7-8,11-12,20-21,24H,9-10H2,1-4H3/t12-,20+,21?,24?/m1/s1. The molecule has 0 aliphatic rings. The van der Waals surface area contributed by atoms with E-state index >= 15 is 0 Å². The molecule has 0 fully saturated rings. The van der Waals surface area contributed by atoms with Gasteiger partial charge in [-0.3, -0.25) is 14.4 Å². The van der Waals surface area contributed by atoms with E-state index in [-0.39, 0.29) is 23.9 Å². The van der Waals surface area contributed by atoms with E-state index in [0.717, 1.165) is 11.8 Å². The van der Waals surface area contributed by atoms with Gasteiger partial charge in [-0.25, -0.2) is 14.6 Å². The monoisotopic (exact) mass is 642 g/mol. The molecule has 3 aromatic heterocycles. The SMILES string of the molecule is CC(=O)OCC(OC(Sc1cnc(C#N)c(Cl)c1)[C@H](Cn1cc(-c2nc(Cl)cs2)nn1)OC(C)=O)[C@@H](C)OC(C)=O. The number of hydrogen-bond acceptors (Lipinski definition) is 14. The van der Waals surface area contributed by atoms with E-state index in [1.165, 1.54) is 49.1 Å². The fourth-order valence-electron chi connectivity index (χ4n) is 3.32. The zero-order valence-corrected chi connectivity index (χ0v) is 25.3. The lowest BCUT2D eigenvalue weighted by molar-refractivity contribution is -0.170. The molecule has 0 amide bonds. The number of pyridine rings is 1. The molecular formula is C24H24Cl2N6O7S2. The van der Waals surface area contributed by atoms with Gasteiger partial charge < -0.3 is 18.9 Å². The number of hydrogen-bond donors (Lipinski definition) is 0. The molecule has 0 aliphatic heterocycles. The average molecular weight is 644 g/mol. The zero-order valence-electron chi connectivity index (χ0n) is 22.1. The van der Waals surface area contributed by atoms with Gasteiger partial charge in [0.25, 0.3) is 0 Å². The molecule has 0 saturated carbocycles. The van der Waals surface area contributed by atoms with E-state index in [9.17, 15) is 19.6 Å². The van der Waals surface area contributed by atoms with E-state index < -0.39 is 41.7 Å². The number of nitrogens with zero attached hydrogens (tertiary/aromatic N) is 6. The van der Waals surface area contributed by atoms with E-state index in [4.69, 9.17) is 42.1 Å². The van der Waals surface area contributed by atoms with Gasteiger partial charge in [0.15, 0.2) is 11.8 Å². The Morgan fingerprint density at radius 2 is 1.88 bits per heavy atom. The summed E-state index contributed by atoms with van der Waals surface area (Å²) in [4.78, 5) is 44.1. The van der Waals surface area contributed by atoms with Crippen molar-refractivity contribution < 1.29 is 33.3 Å². The van der Waals surface area contributed by atoms with Gasteiger partial charge in [-0.2, -0.15) is 5.26 Å². The molecule has 3 heterocycles. The number of thioether (sulfide) groups is 1. The van der Waals surface area contributed by atoms with Crippen LogP contribution in [-0.2, 0) is 39.9 Å². The summed E-state index contributed by atoms with van der Waals surface area (Å²) >= 11 is 14.5. The van der Waals surface area contributed by atoms with Crippen molar-refractivity contribution in [3.63, 3.8) is 0 Å². The van der Waals surface area contributed by atoms with Crippen LogP contribution in [0, 0.1) is 11.3 Å². The molecular weight excluding hydrogens is 619 g/mol. The summed E-state index contributed by atoms with van der Waals surface area (Å²) in [6.07, 6.45) is 0.177. The van der Waals surface area contributed by atoms with Gasteiger partial charge in [0, 0.05) is 37.2 Å². The molecule has 41 heavy (non-hydrogen) atoms. The van der Waals surface area contributed by atoms with Crippen LogP contribution in [0.4, 0.5) is 0 Å². The molecule has 13 nitrogen and oxygen atoms in total. The highest BCUT2D eigenvalue weighted by molar-refractivity contribution is 7.99. The lowest BCUT2D eigenvalue weighted by Gasteiger charge is -2.32. The molecule has 0 aliphatic carbocycles. The Morgan fingerprint density at radius 1 is 1.15 bits per heavy atom. The Kier molecular flexibility index (Phi) is 11.9. The minimum absolute atomic E-state index is 0.0248. The van der Waals surface area contributed by atoms with Crippen molar-refractivity contribution in [2.75, 3.05) is 6.61 Å². The largest absolute Gasteiger partial charge is 0.463 e. The minimum Gasteiger partial charge on any atom is -0.463 e. The average Bonchev–Trinajstić information content (AvgIpc) is 3.53. The van der Waals surface area contributed by atoms with E-state index in [1.807, 2.05) is 6.07 Å². The van der Waals surface area contributed by atoms with E-state index in [1.54, 1.807) is 18.5 Å². The number of carbonyl (C=O) groups is 3. The first kappa shape index (κ1) is 32.2. The molecule has 3 rings (SSSR count). The highest BCUT2D eigenvalue weighted by Crippen LogP contribution is 2.32. The third-order valence-electron chi connectivity index (χ3n) is 5.03. The highest BCUT2D eigenvalue weighted by atomic mass is 35.5. The molecule has 2 unspecified atom stereocenters. The molecule has 3 aromatic rings. The van der Waals surface area contributed by atoms with E-state index in [2.05, 4.69) is 20.3 Å². The van der Waals surface area contributed by atoms with Gasteiger partial charge in [-0.1, -0.05) is 40.2 Å². The number of rotatable bonds is 13. The number of thiazole rings is 1. The molecule has 17 heteroatoms. The Morgan fingerprint density at radius 3 is 2.46 bits per heavy atom. The first-order chi connectivity index (χ1) is 19.4. The van der Waals surface area contributed by atoms with Crippen LogP contribution in [0.3, 0.4) is 0 Å². The van der Waals surface area contributed by atoms with Gasteiger partial charge in [0.2, 0.25) is 0 Å². The lowest BCUT2D eigenvalue weighted by atomic mass is 10.2. The van der Waals surface area contributed by atoms with Crippen LogP contribution in [0.1, 0.15) is 33.4 Å². The quantitative estimate of drug-likeness (QED) is 0.114. The number of nitriles is 1. The van der Waals surface area contributed by atoms with Gasteiger partial charge in [0.1, 0.15) is 46.2 Å². The summed E-state index contributed by atoms with van der Waals surface area (Å²) in [5, 5.41) is 20.0. The van der Waals surface area contributed by atoms with Gasteiger partial charge in [-0.05, 0) is 13.0 Å². The van der Waals surface area contributed by atoms with Crippen LogP contribution in [0.25, 0.3) is 10.7 Å². The maximum atomic E-state index is 12.2. The predicted octanol–water partition coefficient (Wildman–Crippen LogP) is 3.93. The van der Waals surface area contributed by atoms with Crippen molar-refractivity contribution in [1.29, 1.82) is 5.26 Å². The topological polar surface area (TPSA) is 168 Å².